The molecule has 0 aliphatic heterocycles. The van der Waals surface area contributed by atoms with Crippen molar-refractivity contribution in [1.29, 1.82) is 0 Å². The van der Waals surface area contributed by atoms with E-state index in [4.69, 9.17) is 9.47 Å². The lowest BCUT2D eigenvalue weighted by molar-refractivity contribution is -0.137. The SMILES string of the molecule is CCCCOC(=O)C=Cc1ccc(Oc2c(-c3ccc(O)cc3)ccc3cc(O)ccc23)cc1. The number of phenolic OH excluding ortho intramolecular Hbond substituents is 2. The number of rotatable bonds is 8. The first-order valence-corrected chi connectivity index (χ1v) is 11.2. The monoisotopic (exact) mass is 454 g/mol. The summed E-state index contributed by atoms with van der Waals surface area (Å²) in [5, 5.41) is 21.3. The number of esters is 1. The smallest absolute Gasteiger partial charge is 0.330 e. The molecule has 5 nitrogen and oxygen atoms in total. The second kappa shape index (κ2) is 10.6. The summed E-state index contributed by atoms with van der Waals surface area (Å²) in [4.78, 5) is 11.8. The zero-order valence-corrected chi connectivity index (χ0v) is 18.9. The van der Waals surface area contributed by atoms with Crippen LogP contribution in [-0.2, 0) is 9.53 Å². The first-order valence-electron chi connectivity index (χ1n) is 11.2. The maximum Gasteiger partial charge on any atom is 0.330 e. The fourth-order valence-corrected chi connectivity index (χ4v) is 3.56. The summed E-state index contributed by atoms with van der Waals surface area (Å²) in [5.74, 6) is 1.29. The molecule has 0 spiro atoms. The summed E-state index contributed by atoms with van der Waals surface area (Å²) >= 11 is 0. The van der Waals surface area contributed by atoms with Crippen LogP contribution in [0.15, 0.2) is 84.9 Å². The molecule has 0 aliphatic rings. The van der Waals surface area contributed by atoms with Crippen LogP contribution in [0.25, 0.3) is 28.0 Å². The molecule has 4 aromatic rings. The standard InChI is InChI=1S/C29H26O5/c1-2-3-18-33-28(32)17-6-20-4-13-25(14-5-20)34-29-26(21-7-10-23(30)11-8-21)15-9-22-19-24(31)12-16-27(22)29/h4-17,19,30-31H,2-3,18H2,1H3. The summed E-state index contributed by atoms with van der Waals surface area (Å²) in [5.41, 5.74) is 2.60. The third kappa shape index (κ3) is 5.56. The average Bonchev–Trinajstić information content (AvgIpc) is 2.84. The van der Waals surface area contributed by atoms with E-state index < -0.39 is 0 Å². The summed E-state index contributed by atoms with van der Waals surface area (Å²) in [6.07, 6.45) is 4.96. The maximum absolute atomic E-state index is 11.8. The predicted octanol–water partition coefficient (Wildman–Crippen LogP) is 7.07. The lowest BCUT2D eigenvalue weighted by Crippen LogP contribution is -2.01. The number of hydrogen-bond acceptors (Lipinski definition) is 5. The lowest BCUT2D eigenvalue weighted by atomic mass is 9.99. The molecule has 4 rings (SSSR count). The first kappa shape index (κ1) is 22.9. The summed E-state index contributed by atoms with van der Waals surface area (Å²) < 4.78 is 11.5. The molecule has 172 valence electrons. The molecule has 0 bridgehead atoms. The Kier molecular flexibility index (Phi) is 7.13. The fourth-order valence-electron chi connectivity index (χ4n) is 3.56. The zero-order valence-electron chi connectivity index (χ0n) is 18.9. The Bertz CT molecular complexity index is 1310. The van der Waals surface area contributed by atoms with Crippen molar-refractivity contribution in [1.82, 2.24) is 0 Å². The van der Waals surface area contributed by atoms with E-state index in [1.54, 1.807) is 30.3 Å². The minimum Gasteiger partial charge on any atom is -0.508 e. The maximum atomic E-state index is 11.8. The minimum absolute atomic E-state index is 0.181. The normalized spacial score (nSPS) is 11.1. The highest BCUT2D eigenvalue weighted by Crippen LogP contribution is 2.40. The van der Waals surface area contributed by atoms with Gasteiger partial charge in [0.2, 0.25) is 0 Å². The highest BCUT2D eigenvalue weighted by Gasteiger charge is 2.13. The number of benzene rings is 4. The number of hydrogen-bond donors (Lipinski definition) is 2. The van der Waals surface area contributed by atoms with Gasteiger partial charge < -0.3 is 19.7 Å². The molecule has 2 N–H and O–H groups in total. The van der Waals surface area contributed by atoms with Gasteiger partial charge in [-0.2, -0.15) is 0 Å². The van der Waals surface area contributed by atoms with Crippen LogP contribution in [0.1, 0.15) is 25.3 Å². The Hall–Kier alpha value is -4.25. The van der Waals surface area contributed by atoms with Gasteiger partial charge in [-0.25, -0.2) is 4.79 Å². The first-order chi connectivity index (χ1) is 16.5. The number of aromatic hydroxyl groups is 2. The quantitative estimate of drug-likeness (QED) is 0.169. The van der Waals surface area contributed by atoms with Crippen LogP contribution >= 0.6 is 0 Å². The summed E-state index contributed by atoms with van der Waals surface area (Å²) in [6.45, 7) is 2.47. The topological polar surface area (TPSA) is 76.0 Å². The number of carbonyl (C=O) groups is 1. The van der Waals surface area contributed by atoms with Gasteiger partial charge in [0.05, 0.1) is 6.61 Å². The van der Waals surface area contributed by atoms with Gasteiger partial charge in [0.15, 0.2) is 0 Å². The molecule has 0 aromatic heterocycles. The molecule has 0 radical (unpaired) electrons. The molecule has 0 saturated carbocycles. The van der Waals surface area contributed by atoms with Crippen LogP contribution in [0.4, 0.5) is 0 Å². The number of unbranched alkanes of at least 4 members (excludes halogenated alkanes) is 1. The Morgan fingerprint density at radius 2 is 1.62 bits per heavy atom. The summed E-state index contributed by atoms with van der Waals surface area (Å²) in [7, 11) is 0. The number of carbonyl (C=O) groups excluding carboxylic acids is 1. The van der Waals surface area contributed by atoms with Gasteiger partial charge >= 0.3 is 5.97 Å². The van der Waals surface area contributed by atoms with Crippen LogP contribution in [0, 0.1) is 0 Å². The molecule has 0 fully saturated rings. The van der Waals surface area contributed by atoms with Crippen LogP contribution in [-0.4, -0.2) is 22.8 Å². The molecule has 0 unspecified atom stereocenters. The van der Waals surface area contributed by atoms with E-state index >= 15 is 0 Å². The van der Waals surface area contributed by atoms with Crippen LogP contribution < -0.4 is 4.74 Å². The van der Waals surface area contributed by atoms with Gasteiger partial charge in [0.1, 0.15) is 23.0 Å². The third-order valence-electron chi connectivity index (χ3n) is 5.39. The van der Waals surface area contributed by atoms with Crippen molar-refractivity contribution >= 4 is 22.8 Å². The second-order valence-electron chi connectivity index (χ2n) is 7.92. The zero-order chi connectivity index (χ0) is 23.9. The highest BCUT2D eigenvalue weighted by atomic mass is 16.5. The van der Waals surface area contributed by atoms with Crippen molar-refractivity contribution in [2.75, 3.05) is 6.61 Å². The number of ether oxygens (including phenoxy) is 2. The van der Waals surface area contributed by atoms with Crippen molar-refractivity contribution in [3.05, 3.63) is 90.5 Å². The van der Waals surface area contributed by atoms with Gasteiger partial charge in [-0.3, -0.25) is 0 Å². The minimum atomic E-state index is -0.355. The fraction of sp³-hybridized carbons (Fsp3) is 0.138. The van der Waals surface area contributed by atoms with E-state index in [-0.39, 0.29) is 17.5 Å². The van der Waals surface area contributed by atoms with Crippen molar-refractivity contribution in [2.45, 2.75) is 19.8 Å². The molecular formula is C29H26O5. The van der Waals surface area contributed by atoms with Gasteiger partial charge in [0, 0.05) is 17.0 Å². The summed E-state index contributed by atoms with van der Waals surface area (Å²) in [6, 6.07) is 23.3. The molecule has 0 amide bonds. The predicted molar refractivity (Wildman–Crippen MR) is 134 cm³/mol. The molecule has 34 heavy (non-hydrogen) atoms. The molecule has 0 heterocycles. The number of fused-ring (bicyclic) bond motifs is 1. The molecule has 0 atom stereocenters. The van der Waals surface area contributed by atoms with E-state index in [1.807, 2.05) is 61.5 Å². The highest BCUT2D eigenvalue weighted by molar-refractivity contribution is 5.96. The Morgan fingerprint density at radius 1 is 0.882 bits per heavy atom. The van der Waals surface area contributed by atoms with E-state index in [9.17, 15) is 15.0 Å². The van der Waals surface area contributed by atoms with Gasteiger partial charge in [-0.1, -0.05) is 43.7 Å². The van der Waals surface area contributed by atoms with Crippen LogP contribution in [0.2, 0.25) is 0 Å². The molecular weight excluding hydrogens is 428 g/mol. The molecule has 4 aromatic carbocycles. The van der Waals surface area contributed by atoms with Gasteiger partial charge in [-0.05, 0) is 77.5 Å². The largest absolute Gasteiger partial charge is 0.508 e. The van der Waals surface area contributed by atoms with Gasteiger partial charge in [-0.15, -0.1) is 0 Å². The van der Waals surface area contributed by atoms with E-state index in [0.717, 1.165) is 40.3 Å². The molecule has 0 aliphatic carbocycles. The molecule has 5 heteroatoms. The van der Waals surface area contributed by atoms with Gasteiger partial charge in [0.25, 0.3) is 0 Å². The number of phenols is 2. The molecule has 0 saturated heterocycles. The van der Waals surface area contributed by atoms with Crippen molar-refractivity contribution in [3.63, 3.8) is 0 Å². The second-order valence-corrected chi connectivity index (χ2v) is 7.92. The van der Waals surface area contributed by atoms with E-state index in [2.05, 4.69) is 0 Å². The Labute approximate surface area is 198 Å². The average molecular weight is 455 g/mol. The third-order valence-corrected chi connectivity index (χ3v) is 5.39. The van der Waals surface area contributed by atoms with Crippen LogP contribution in [0.5, 0.6) is 23.0 Å². The van der Waals surface area contributed by atoms with Crippen LogP contribution in [0.3, 0.4) is 0 Å². The van der Waals surface area contributed by atoms with E-state index in [0.29, 0.717) is 18.1 Å². The van der Waals surface area contributed by atoms with Crippen molar-refractivity contribution < 1.29 is 24.5 Å². The Morgan fingerprint density at radius 3 is 2.35 bits per heavy atom. The van der Waals surface area contributed by atoms with Crippen molar-refractivity contribution in [3.8, 4) is 34.1 Å². The lowest BCUT2D eigenvalue weighted by Gasteiger charge is -2.15. The van der Waals surface area contributed by atoms with E-state index in [1.165, 1.54) is 6.08 Å². The van der Waals surface area contributed by atoms with Crippen molar-refractivity contribution in [2.24, 2.45) is 0 Å². The Balaban J connectivity index is 1.61.